The van der Waals surface area contributed by atoms with Crippen molar-refractivity contribution in [3.05, 3.63) is 186 Å². The molecule has 0 fully saturated rings. The number of thioether (sulfide) groups is 1. The molecule has 2 aromatic heterocycles. The number of aromatic nitrogens is 2. The third-order valence-corrected chi connectivity index (χ3v) is 10.5. The molecule has 0 radical (unpaired) electrons. The molecule has 1 atom stereocenters. The summed E-state index contributed by atoms with van der Waals surface area (Å²) < 4.78 is 11.4. The van der Waals surface area contributed by atoms with Gasteiger partial charge in [-0.2, -0.15) is 0 Å². The summed E-state index contributed by atoms with van der Waals surface area (Å²) in [4.78, 5) is 35.5. The van der Waals surface area contributed by atoms with Gasteiger partial charge in [-0.1, -0.05) is 133 Å². The van der Waals surface area contributed by atoms with E-state index in [2.05, 4.69) is 88.4 Å². The standard InChI is InChI=1S/C46H46N4O4S/c1-45(2,3)54-44(52)49-40(33-55-46(37-20-10-5-11-21-37,38-22-12-6-13-23-38)39-24-14-7-15-25-39)29-36-26-27-41(35-18-8-4-9-19-35)50-43(36)53-32-42(51)48-31-34-17-16-28-47-30-34/h4-28,30,40H,29,31-33H2,1-3H3,(H,48,51)(H,49,52). The molecule has 55 heavy (non-hydrogen) atoms. The van der Waals surface area contributed by atoms with Crippen LogP contribution in [0.25, 0.3) is 11.3 Å². The highest BCUT2D eigenvalue weighted by atomic mass is 32.2. The zero-order chi connectivity index (χ0) is 38.5. The largest absolute Gasteiger partial charge is 0.467 e. The monoisotopic (exact) mass is 750 g/mol. The summed E-state index contributed by atoms with van der Waals surface area (Å²) in [7, 11) is 0. The van der Waals surface area contributed by atoms with Gasteiger partial charge in [0, 0.05) is 41.9 Å². The molecule has 0 spiro atoms. The van der Waals surface area contributed by atoms with E-state index in [-0.39, 0.29) is 12.5 Å². The first-order valence-corrected chi connectivity index (χ1v) is 19.3. The Morgan fingerprint density at radius 2 is 1.31 bits per heavy atom. The Hall–Kier alpha value is -5.93. The Kier molecular flexibility index (Phi) is 13.0. The normalized spacial score (nSPS) is 12.0. The van der Waals surface area contributed by atoms with Gasteiger partial charge < -0.3 is 20.1 Å². The molecule has 0 saturated heterocycles. The number of hydrogen-bond acceptors (Lipinski definition) is 7. The molecule has 6 aromatic rings. The molecule has 0 aliphatic carbocycles. The lowest BCUT2D eigenvalue weighted by atomic mass is 9.84. The number of amides is 2. The maximum atomic E-state index is 13.5. The molecule has 2 N–H and O–H groups in total. The number of nitrogens with one attached hydrogen (secondary N) is 2. The summed E-state index contributed by atoms with van der Waals surface area (Å²) in [6.45, 7) is 5.62. The topological polar surface area (TPSA) is 102 Å². The van der Waals surface area contributed by atoms with E-state index >= 15 is 0 Å². The van der Waals surface area contributed by atoms with Crippen molar-refractivity contribution in [3.63, 3.8) is 0 Å². The molecule has 8 nitrogen and oxygen atoms in total. The van der Waals surface area contributed by atoms with Crippen LogP contribution >= 0.6 is 11.8 Å². The number of pyridine rings is 2. The van der Waals surface area contributed by atoms with Crippen molar-refractivity contribution in [1.29, 1.82) is 0 Å². The van der Waals surface area contributed by atoms with Crippen LogP contribution in [0, 0.1) is 0 Å². The van der Waals surface area contributed by atoms with Crippen LogP contribution in [0.1, 0.15) is 48.6 Å². The van der Waals surface area contributed by atoms with E-state index in [0.717, 1.165) is 33.4 Å². The molecule has 4 aromatic carbocycles. The second-order valence-electron chi connectivity index (χ2n) is 14.1. The van der Waals surface area contributed by atoms with Gasteiger partial charge in [0.25, 0.3) is 5.91 Å². The minimum absolute atomic E-state index is 0.240. The minimum atomic E-state index is -0.694. The number of rotatable bonds is 15. The van der Waals surface area contributed by atoms with Crippen molar-refractivity contribution in [2.75, 3.05) is 12.4 Å². The molecule has 1 unspecified atom stereocenters. The fraction of sp³-hybridized carbons (Fsp3) is 0.217. The van der Waals surface area contributed by atoms with E-state index in [1.807, 2.05) is 93.6 Å². The van der Waals surface area contributed by atoms with E-state index in [4.69, 9.17) is 14.5 Å². The molecule has 0 saturated carbocycles. The minimum Gasteiger partial charge on any atom is -0.467 e. The van der Waals surface area contributed by atoms with E-state index in [1.54, 1.807) is 24.2 Å². The van der Waals surface area contributed by atoms with Gasteiger partial charge in [-0.3, -0.25) is 9.78 Å². The van der Waals surface area contributed by atoms with Crippen LogP contribution in [-0.2, 0) is 27.2 Å². The predicted octanol–water partition coefficient (Wildman–Crippen LogP) is 9.00. The van der Waals surface area contributed by atoms with Gasteiger partial charge in [-0.05, 0) is 61.6 Å². The average Bonchev–Trinajstić information content (AvgIpc) is 3.21. The summed E-state index contributed by atoms with van der Waals surface area (Å²) in [5, 5.41) is 6.07. The molecule has 0 aliphatic rings. The van der Waals surface area contributed by atoms with Crippen molar-refractivity contribution in [2.45, 2.75) is 50.1 Å². The number of benzene rings is 4. The van der Waals surface area contributed by atoms with Crippen molar-refractivity contribution in [3.8, 4) is 17.1 Å². The van der Waals surface area contributed by atoms with Crippen molar-refractivity contribution in [2.24, 2.45) is 0 Å². The lowest BCUT2D eigenvalue weighted by Crippen LogP contribution is -2.42. The number of ether oxygens (including phenoxy) is 2. The number of carbonyl (C=O) groups excluding carboxylic acids is 2. The van der Waals surface area contributed by atoms with Crippen LogP contribution in [0.2, 0.25) is 0 Å². The summed E-state index contributed by atoms with van der Waals surface area (Å²) in [6.07, 6.45) is 3.24. The fourth-order valence-corrected chi connectivity index (χ4v) is 7.85. The van der Waals surface area contributed by atoms with Crippen LogP contribution in [-0.4, -0.2) is 46.0 Å². The van der Waals surface area contributed by atoms with Gasteiger partial charge in [0.05, 0.1) is 10.4 Å². The second-order valence-corrected chi connectivity index (χ2v) is 15.3. The maximum absolute atomic E-state index is 13.5. The zero-order valence-corrected chi connectivity index (χ0v) is 32.2. The third kappa shape index (κ3) is 10.6. The molecular formula is C46H46N4O4S. The zero-order valence-electron chi connectivity index (χ0n) is 31.4. The van der Waals surface area contributed by atoms with Gasteiger partial charge in [0.1, 0.15) is 5.60 Å². The second kappa shape index (κ2) is 18.4. The van der Waals surface area contributed by atoms with Gasteiger partial charge in [0.15, 0.2) is 6.61 Å². The summed E-state index contributed by atoms with van der Waals surface area (Å²) >= 11 is 1.74. The van der Waals surface area contributed by atoms with Crippen molar-refractivity contribution in [1.82, 2.24) is 20.6 Å². The van der Waals surface area contributed by atoms with Crippen LogP contribution < -0.4 is 15.4 Å². The number of nitrogens with zero attached hydrogens (tertiary/aromatic N) is 2. The SMILES string of the molecule is CC(C)(C)OC(=O)NC(CSC(c1ccccc1)(c1ccccc1)c1ccccc1)Cc1ccc(-c2ccccc2)nc1OCC(=O)NCc1cccnc1. The quantitative estimate of drug-likeness (QED) is 0.101. The van der Waals surface area contributed by atoms with Crippen LogP contribution in [0.15, 0.2) is 158 Å². The first-order chi connectivity index (χ1) is 26.7. The predicted molar refractivity (Wildman–Crippen MR) is 220 cm³/mol. The number of alkyl carbamates (subject to hydrolysis) is 1. The highest BCUT2D eigenvalue weighted by Gasteiger charge is 2.38. The van der Waals surface area contributed by atoms with Gasteiger partial charge in [-0.15, -0.1) is 11.8 Å². The lowest BCUT2D eigenvalue weighted by molar-refractivity contribution is -0.123. The van der Waals surface area contributed by atoms with Crippen LogP contribution in [0.3, 0.4) is 0 Å². The van der Waals surface area contributed by atoms with Crippen LogP contribution in [0.4, 0.5) is 4.79 Å². The lowest BCUT2D eigenvalue weighted by Gasteiger charge is -2.37. The van der Waals surface area contributed by atoms with E-state index < -0.39 is 22.5 Å². The Balaban J connectivity index is 1.34. The van der Waals surface area contributed by atoms with E-state index in [0.29, 0.717) is 30.3 Å². The van der Waals surface area contributed by atoms with Gasteiger partial charge in [-0.25, -0.2) is 9.78 Å². The van der Waals surface area contributed by atoms with E-state index in [1.165, 1.54) is 0 Å². The maximum Gasteiger partial charge on any atom is 0.407 e. The molecule has 2 amide bonds. The first-order valence-electron chi connectivity index (χ1n) is 18.3. The summed E-state index contributed by atoms with van der Waals surface area (Å²) in [5.74, 6) is 0.516. The molecule has 0 bridgehead atoms. The molecule has 0 aliphatic heterocycles. The molecule has 6 rings (SSSR count). The van der Waals surface area contributed by atoms with Gasteiger partial charge >= 0.3 is 6.09 Å². The molecule has 280 valence electrons. The third-order valence-electron chi connectivity index (χ3n) is 8.79. The molecule has 9 heteroatoms. The number of carbonyl (C=O) groups is 2. The Labute approximate surface area is 327 Å². The first kappa shape index (κ1) is 38.8. The Morgan fingerprint density at radius 3 is 1.85 bits per heavy atom. The summed E-state index contributed by atoms with van der Waals surface area (Å²) in [5.41, 5.74) is 5.89. The van der Waals surface area contributed by atoms with Crippen LogP contribution in [0.5, 0.6) is 5.88 Å². The van der Waals surface area contributed by atoms with Gasteiger partial charge in [0.2, 0.25) is 5.88 Å². The Bertz CT molecular complexity index is 2020. The number of hydrogen-bond donors (Lipinski definition) is 2. The average molecular weight is 751 g/mol. The fourth-order valence-electron chi connectivity index (χ4n) is 6.29. The Morgan fingerprint density at radius 1 is 0.727 bits per heavy atom. The highest BCUT2D eigenvalue weighted by Crippen LogP contribution is 2.48. The van der Waals surface area contributed by atoms with E-state index in [9.17, 15) is 9.59 Å². The van der Waals surface area contributed by atoms with Crippen molar-refractivity contribution >= 4 is 23.8 Å². The highest BCUT2D eigenvalue weighted by molar-refractivity contribution is 8.00. The molecule has 2 heterocycles. The molecular weight excluding hydrogens is 705 g/mol. The van der Waals surface area contributed by atoms with Crippen molar-refractivity contribution < 1.29 is 19.1 Å². The summed E-state index contributed by atoms with van der Waals surface area (Å²) in [6, 6.07) is 48.4. The smallest absolute Gasteiger partial charge is 0.407 e.